The maximum Gasteiger partial charge on any atom is 0.307 e. The second-order valence-corrected chi connectivity index (χ2v) is 6.87. The van der Waals surface area contributed by atoms with Crippen LogP contribution in [0.2, 0.25) is 0 Å². The van der Waals surface area contributed by atoms with Gasteiger partial charge in [-0.2, -0.15) is 0 Å². The van der Waals surface area contributed by atoms with Crippen LogP contribution in [0.25, 0.3) is 0 Å². The van der Waals surface area contributed by atoms with Crippen LogP contribution in [-0.4, -0.2) is 67.9 Å². The van der Waals surface area contributed by atoms with Crippen LogP contribution in [0.3, 0.4) is 0 Å². The molecule has 2 rings (SSSR count). The average molecular weight is 404 g/mol. The van der Waals surface area contributed by atoms with Crippen molar-refractivity contribution in [3.63, 3.8) is 0 Å². The largest absolute Gasteiger partial charge is 0.466 e. The van der Waals surface area contributed by atoms with Gasteiger partial charge in [-0.3, -0.25) is 24.1 Å². The van der Waals surface area contributed by atoms with Crippen LogP contribution in [0.15, 0.2) is 24.3 Å². The van der Waals surface area contributed by atoms with Gasteiger partial charge in [0, 0.05) is 38.4 Å². The summed E-state index contributed by atoms with van der Waals surface area (Å²) in [5.41, 5.74) is 1.30. The van der Waals surface area contributed by atoms with Crippen molar-refractivity contribution >= 4 is 35.1 Å². The van der Waals surface area contributed by atoms with Crippen LogP contribution in [0, 0.1) is 0 Å². The van der Waals surface area contributed by atoms with Crippen molar-refractivity contribution in [3.8, 4) is 0 Å². The number of carbonyl (C=O) groups excluding carboxylic acids is 4. The van der Waals surface area contributed by atoms with E-state index in [1.807, 2.05) is 6.92 Å². The van der Waals surface area contributed by atoms with Crippen molar-refractivity contribution in [2.45, 2.75) is 32.7 Å². The highest BCUT2D eigenvalue weighted by atomic mass is 16.5. The number of hydrogen-bond acceptors (Lipinski definition) is 6. The summed E-state index contributed by atoms with van der Waals surface area (Å²) in [5, 5.41) is 5.50. The lowest BCUT2D eigenvalue weighted by atomic mass is 10.1. The number of benzene rings is 1. The molecule has 1 fully saturated rings. The maximum absolute atomic E-state index is 12.5. The summed E-state index contributed by atoms with van der Waals surface area (Å²) in [6.45, 7) is 4.53. The van der Waals surface area contributed by atoms with Gasteiger partial charge in [0.2, 0.25) is 17.7 Å². The van der Waals surface area contributed by atoms with E-state index in [2.05, 4.69) is 10.6 Å². The molecule has 9 heteroatoms. The molecular formula is C20H28N4O5. The molecule has 0 aromatic heterocycles. The summed E-state index contributed by atoms with van der Waals surface area (Å²) in [5.74, 6) is -1.12. The Labute approximate surface area is 170 Å². The lowest BCUT2D eigenvalue weighted by molar-refractivity contribution is -0.148. The number of nitrogens with one attached hydrogen (secondary N) is 2. The SMILES string of the molecule is CCCOC(=O)CC1C(=O)NCCN1CC(=O)Nc1ccc(N(C)C(C)=O)cc1. The van der Waals surface area contributed by atoms with E-state index in [9.17, 15) is 19.2 Å². The Morgan fingerprint density at radius 3 is 2.59 bits per heavy atom. The molecule has 29 heavy (non-hydrogen) atoms. The Bertz CT molecular complexity index is 750. The number of hydrogen-bond donors (Lipinski definition) is 2. The summed E-state index contributed by atoms with van der Waals surface area (Å²) in [6.07, 6.45) is 0.612. The third-order valence-electron chi connectivity index (χ3n) is 4.63. The summed E-state index contributed by atoms with van der Waals surface area (Å²) in [6, 6.07) is 6.14. The first-order valence-corrected chi connectivity index (χ1v) is 9.63. The predicted molar refractivity (Wildman–Crippen MR) is 108 cm³/mol. The van der Waals surface area contributed by atoms with E-state index in [0.717, 1.165) is 0 Å². The highest BCUT2D eigenvalue weighted by molar-refractivity contribution is 5.95. The molecule has 3 amide bonds. The molecule has 1 aromatic rings. The molecule has 0 spiro atoms. The topological polar surface area (TPSA) is 108 Å². The molecule has 1 heterocycles. The lowest BCUT2D eigenvalue weighted by Gasteiger charge is -2.33. The van der Waals surface area contributed by atoms with Crippen molar-refractivity contribution in [3.05, 3.63) is 24.3 Å². The molecule has 0 bridgehead atoms. The highest BCUT2D eigenvalue weighted by Gasteiger charge is 2.33. The van der Waals surface area contributed by atoms with Crippen molar-refractivity contribution in [1.29, 1.82) is 0 Å². The van der Waals surface area contributed by atoms with E-state index in [4.69, 9.17) is 4.74 Å². The normalized spacial score (nSPS) is 16.7. The zero-order chi connectivity index (χ0) is 21.4. The molecule has 2 N–H and O–H groups in total. The van der Waals surface area contributed by atoms with Gasteiger partial charge in [-0.05, 0) is 30.7 Å². The molecule has 0 radical (unpaired) electrons. The van der Waals surface area contributed by atoms with Gasteiger partial charge in [0.1, 0.15) is 6.04 Å². The van der Waals surface area contributed by atoms with Crippen LogP contribution in [0.4, 0.5) is 11.4 Å². The van der Waals surface area contributed by atoms with Gasteiger partial charge < -0.3 is 20.3 Å². The van der Waals surface area contributed by atoms with Gasteiger partial charge in [-0.1, -0.05) is 6.92 Å². The highest BCUT2D eigenvalue weighted by Crippen LogP contribution is 2.17. The number of nitrogens with zero attached hydrogens (tertiary/aromatic N) is 2. The van der Waals surface area contributed by atoms with Gasteiger partial charge in [0.05, 0.1) is 19.6 Å². The van der Waals surface area contributed by atoms with Crippen LogP contribution < -0.4 is 15.5 Å². The second-order valence-electron chi connectivity index (χ2n) is 6.87. The molecule has 0 saturated carbocycles. The van der Waals surface area contributed by atoms with E-state index >= 15 is 0 Å². The van der Waals surface area contributed by atoms with Gasteiger partial charge in [0.15, 0.2) is 0 Å². The third-order valence-corrected chi connectivity index (χ3v) is 4.63. The maximum atomic E-state index is 12.5. The molecule has 1 aromatic carbocycles. The van der Waals surface area contributed by atoms with Crippen molar-refractivity contribution in [2.75, 3.05) is 43.5 Å². The minimum absolute atomic E-state index is 0.0196. The summed E-state index contributed by atoms with van der Waals surface area (Å²) in [4.78, 5) is 51.1. The minimum Gasteiger partial charge on any atom is -0.466 e. The van der Waals surface area contributed by atoms with Gasteiger partial charge in [-0.15, -0.1) is 0 Å². The smallest absolute Gasteiger partial charge is 0.307 e. The van der Waals surface area contributed by atoms with E-state index in [1.165, 1.54) is 11.8 Å². The second kappa shape index (κ2) is 10.6. The number of rotatable bonds is 8. The van der Waals surface area contributed by atoms with Gasteiger partial charge in [0.25, 0.3) is 0 Å². The van der Waals surface area contributed by atoms with Crippen molar-refractivity contribution < 1.29 is 23.9 Å². The Balaban J connectivity index is 1.95. The van der Waals surface area contributed by atoms with Crippen molar-refractivity contribution in [1.82, 2.24) is 10.2 Å². The average Bonchev–Trinajstić information content (AvgIpc) is 2.69. The summed E-state index contributed by atoms with van der Waals surface area (Å²) in [7, 11) is 1.67. The number of amides is 3. The van der Waals surface area contributed by atoms with E-state index in [-0.39, 0.29) is 30.7 Å². The molecule has 1 atom stereocenters. The number of carbonyl (C=O) groups is 4. The molecular weight excluding hydrogens is 376 g/mol. The standard InChI is InChI=1S/C20H28N4O5/c1-4-11-29-19(27)12-17-20(28)21-9-10-24(17)13-18(26)22-15-5-7-16(8-6-15)23(3)14(2)25/h5-8,17H,4,9-13H2,1-3H3,(H,21,28)(H,22,26). The third kappa shape index (κ3) is 6.56. The van der Waals surface area contributed by atoms with Gasteiger partial charge >= 0.3 is 5.97 Å². The molecule has 9 nitrogen and oxygen atoms in total. The number of esters is 1. The first kappa shape index (κ1) is 22.4. The van der Waals surface area contributed by atoms with Crippen LogP contribution in [-0.2, 0) is 23.9 Å². The quantitative estimate of drug-likeness (QED) is 0.619. The molecule has 158 valence electrons. The van der Waals surface area contributed by atoms with E-state index in [1.54, 1.807) is 36.2 Å². The Kier molecular flexibility index (Phi) is 8.14. The fourth-order valence-corrected chi connectivity index (χ4v) is 2.94. The van der Waals surface area contributed by atoms with Crippen LogP contribution >= 0.6 is 0 Å². The molecule has 1 unspecified atom stereocenters. The van der Waals surface area contributed by atoms with E-state index < -0.39 is 12.0 Å². The molecule has 1 saturated heterocycles. The summed E-state index contributed by atoms with van der Waals surface area (Å²) >= 11 is 0. The number of piperazine rings is 1. The minimum atomic E-state index is -0.731. The lowest BCUT2D eigenvalue weighted by Crippen LogP contribution is -2.57. The van der Waals surface area contributed by atoms with Crippen molar-refractivity contribution in [2.24, 2.45) is 0 Å². The van der Waals surface area contributed by atoms with E-state index in [0.29, 0.717) is 37.5 Å². The zero-order valence-corrected chi connectivity index (χ0v) is 17.1. The number of ether oxygens (including phenoxy) is 1. The first-order valence-electron chi connectivity index (χ1n) is 9.63. The number of anilines is 2. The van der Waals surface area contributed by atoms with Crippen LogP contribution in [0.1, 0.15) is 26.7 Å². The first-order chi connectivity index (χ1) is 13.8. The monoisotopic (exact) mass is 404 g/mol. The Hall–Kier alpha value is -2.94. The molecule has 0 aliphatic carbocycles. The van der Waals surface area contributed by atoms with Crippen LogP contribution in [0.5, 0.6) is 0 Å². The Morgan fingerprint density at radius 1 is 1.28 bits per heavy atom. The summed E-state index contributed by atoms with van der Waals surface area (Å²) < 4.78 is 5.06. The fourth-order valence-electron chi connectivity index (χ4n) is 2.94. The molecule has 1 aliphatic heterocycles. The zero-order valence-electron chi connectivity index (χ0n) is 17.1. The fraction of sp³-hybridized carbons (Fsp3) is 0.500. The Morgan fingerprint density at radius 2 is 1.97 bits per heavy atom. The predicted octanol–water partition coefficient (Wildman–Crippen LogP) is 0.752. The van der Waals surface area contributed by atoms with Gasteiger partial charge in [-0.25, -0.2) is 0 Å². The molecule has 1 aliphatic rings.